The fraction of sp³-hybridized carbons (Fsp3) is 0.333. The van der Waals surface area contributed by atoms with Gasteiger partial charge in [0.15, 0.2) is 0 Å². The van der Waals surface area contributed by atoms with Gasteiger partial charge in [0.25, 0.3) is 0 Å². The van der Waals surface area contributed by atoms with Gasteiger partial charge in [-0.2, -0.15) is 5.10 Å². The Kier molecular flexibility index (Phi) is 2.18. The lowest BCUT2D eigenvalue weighted by molar-refractivity contribution is -0.118. The number of amides is 1. The SMILES string of the molecule is CC(Nc1cn[nH]c1N)C(N)=O. The first-order chi connectivity index (χ1) is 5.61. The number of carbonyl (C=O) groups is 1. The first kappa shape index (κ1) is 8.38. The lowest BCUT2D eigenvalue weighted by atomic mass is 10.3. The maximum atomic E-state index is 10.6. The molecule has 1 heterocycles. The van der Waals surface area contributed by atoms with E-state index in [9.17, 15) is 4.79 Å². The summed E-state index contributed by atoms with van der Waals surface area (Å²) in [7, 11) is 0. The molecule has 1 rings (SSSR count). The molecule has 0 radical (unpaired) electrons. The quantitative estimate of drug-likeness (QED) is 0.478. The normalized spacial score (nSPS) is 12.4. The molecule has 1 amide bonds. The van der Waals surface area contributed by atoms with Gasteiger partial charge < -0.3 is 16.8 Å². The Labute approximate surface area is 69.3 Å². The number of rotatable bonds is 3. The van der Waals surface area contributed by atoms with Crippen LogP contribution in [0.15, 0.2) is 6.20 Å². The van der Waals surface area contributed by atoms with Gasteiger partial charge in [-0.25, -0.2) is 0 Å². The lowest BCUT2D eigenvalue weighted by Gasteiger charge is -2.09. The van der Waals surface area contributed by atoms with Crippen molar-refractivity contribution < 1.29 is 4.79 Å². The van der Waals surface area contributed by atoms with E-state index >= 15 is 0 Å². The summed E-state index contributed by atoms with van der Waals surface area (Å²) in [5.74, 6) is -0.0429. The summed E-state index contributed by atoms with van der Waals surface area (Å²) in [5, 5.41) is 8.99. The molecule has 66 valence electrons. The van der Waals surface area contributed by atoms with E-state index in [0.717, 1.165) is 0 Å². The Morgan fingerprint density at radius 2 is 2.50 bits per heavy atom. The number of aromatic nitrogens is 2. The standard InChI is InChI=1S/C6H11N5O/c1-3(6(8)12)10-4-2-9-11-5(4)7/h2-3,10H,1H3,(H2,8,12)(H3,7,9,11). The first-order valence-corrected chi connectivity index (χ1v) is 3.46. The molecule has 12 heavy (non-hydrogen) atoms. The molecular formula is C6H11N5O. The van der Waals surface area contributed by atoms with Crippen LogP contribution in [0.1, 0.15) is 6.92 Å². The second kappa shape index (κ2) is 3.12. The highest BCUT2D eigenvalue weighted by Gasteiger charge is 2.10. The molecule has 0 spiro atoms. The maximum Gasteiger partial charge on any atom is 0.239 e. The largest absolute Gasteiger partial charge is 0.382 e. The van der Waals surface area contributed by atoms with Crippen LogP contribution >= 0.6 is 0 Å². The molecule has 0 aliphatic heterocycles. The van der Waals surface area contributed by atoms with Crippen molar-refractivity contribution in [2.24, 2.45) is 5.73 Å². The molecule has 1 unspecified atom stereocenters. The fourth-order valence-electron chi connectivity index (χ4n) is 0.716. The minimum atomic E-state index is -0.454. The van der Waals surface area contributed by atoms with Crippen molar-refractivity contribution in [3.63, 3.8) is 0 Å². The lowest BCUT2D eigenvalue weighted by Crippen LogP contribution is -2.32. The zero-order valence-corrected chi connectivity index (χ0v) is 6.66. The molecule has 0 saturated carbocycles. The predicted octanol–water partition coefficient (Wildman–Crippen LogP) is -0.722. The van der Waals surface area contributed by atoms with Crippen LogP contribution < -0.4 is 16.8 Å². The third kappa shape index (κ3) is 1.66. The van der Waals surface area contributed by atoms with Crippen LogP contribution in [0.25, 0.3) is 0 Å². The van der Waals surface area contributed by atoms with Gasteiger partial charge in [-0.05, 0) is 6.92 Å². The molecule has 1 atom stereocenters. The van der Waals surface area contributed by atoms with Crippen molar-refractivity contribution in [3.05, 3.63) is 6.20 Å². The van der Waals surface area contributed by atoms with Crippen LogP contribution in [0.4, 0.5) is 11.5 Å². The summed E-state index contributed by atoms with van der Waals surface area (Å²) < 4.78 is 0. The molecule has 1 aromatic heterocycles. The summed E-state index contributed by atoms with van der Waals surface area (Å²) in [6.45, 7) is 1.65. The highest BCUT2D eigenvalue weighted by molar-refractivity contribution is 5.83. The van der Waals surface area contributed by atoms with Crippen LogP contribution in [0.2, 0.25) is 0 Å². The van der Waals surface area contributed by atoms with Gasteiger partial charge in [0.05, 0.1) is 11.9 Å². The molecule has 6 N–H and O–H groups in total. The topological polar surface area (TPSA) is 110 Å². The third-order valence-corrected chi connectivity index (χ3v) is 1.47. The molecule has 0 saturated heterocycles. The number of hydrogen-bond donors (Lipinski definition) is 4. The number of nitrogens with one attached hydrogen (secondary N) is 2. The van der Waals surface area contributed by atoms with E-state index in [1.165, 1.54) is 6.20 Å². The Morgan fingerprint density at radius 1 is 1.83 bits per heavy atom. The van der Waals surface area contributed by atoms with E-state index in [-0.39, 0.29) is 0 Å². The van der Waals surface area contributed by atoms with Gasteiger partial charge in [0.2, 0.25) is 5.91 Å². The van der Waals surface area contributed by atoms with Crippen LogP contribution in [0, 0.1) is 0 Å². The van der Waals surface area contributed by atoms with Gasteiger partial charge in [-0.3, -0.25) is 9.89 Å². The highest BCUT2D eigenvalue weighted by atomic mass is 16.1. The number of nitrogens with zero attached hydrogens (tertiary/aromatic N) is 1. The first-order valence-electron chi connectivity index (χ1n) is 3.46. The van der Waals surface area contributed by atoms with Crippen LogP contribution in [0.3, 0.4) is 0 Å². The Morgan fingerprint density at radius 3 is 2.92 bits per heavy atom. The number of primary amides is 1. The van der Waals surface area contributed by atoms with E-state index in [4.69, 9.17) is 11.5 Å². The van der Waals surface area contributed by atoms with Crippen molar-refractivity contribution >= 4 is 17.4 Å². The van der Waals surface area contributed by atoms with Crippen LogP contribution in [-0.4, -0.2) is 22.1 Å². The summed E-state index contributed by atoms with van der Waals surface area (Å²) in [6, 6.07) is -0.454. The summed E-state index contributed by atoms with van der Waals surface area (Å²) >= 11 is 0. The molecular weight excluding hydrogens is 158 g/mol. The van der Waals surface area contributed by atoms with E-state index < -0.39 is 11.9 Å². The van der Waals surface area contributed by atoms with Gasteiger partial charge in [0.1, 0.15) is 11.9 Å². The van der Waals surface area contributed by atoms with Crippen molar-refractivity contribution in [1.29, 1.82) is 0 Å². The van der Waals surface area contributed by atoms with E-state index in [1.807, 2.05) is 0 Å². The molecule has 1 aromatic rings. The second-order valence-electron chi connectivity index (χ2n) is 2.47. The Bertz CT molecular complexity index is 281. The zero-order valence-electron chi connectivity index (χ0n) is 6.66. The second-order valence-corrected chi connectivity index (χ2v) is 2.47. The molecule has 6 heteroatoms. The van der Waals surface area contributed by atoms with Gasteiger partial charge >= 0.3 is 0 Å². The Balaban J connectivity index is 2.64. The highest BCUT2D eigenvalue weighted by Crippen LogP contribution is 2.13. The minimum absolute atomic E-state index is 0.392. The number of hydrogen-bond acceptors (Lipinski definition) is 4. The predicted molar refractivity (Wildman–Crippen MR) is 45.3 cm³/mol. The monoisotopic (exact) mass is 169 g/mol. The number of aromatic amines is 1. The summed E-state index contributed by atoms with van der Waals surface area (Å²) in [4.78, 5) is 10.6. The molecule has 0 fully saturated rings. The van der Waals surface area contributed by atoms with E-state index in [0.29, 0.717) is 11.5 Å². The number of nitrogen functional groups attached to an aromatic ring is 1. The van der Waals surface area contributed by atoms with Crippen LogP contribution in [0.5, 0.6) is 0 Å². The molecule has 0 bridgehead atoms. The fourth-order valence-corrected chi connectivity index (χ4v) is 0.716. The number of carbonyl (C=O) groups excluding carboxylic acids is 1. The van der Waals surface area contributed by atoms with E-state index in [1.54, 1.807) is 6.92 Å². The van der Waals surface area contributed by atoms with E-state index in [2.05, 4.69) is 15.5 Å². The van der Waals surface area contributed by atoms with Gasteiger partial charge in [0, 0.05) is 0 Å². The number of anilines is 2. The number of nitrogens with two attached hydrogens (primary N) is 2. The molecule has 6 nitrogen and oxygen atoms in total. The third-order valence-electron chi connectivity index (χ3n) is 1.47. The minimum Gasteiger partial charge on any atom is -0.382 e. The van der Waals surface area contributed by atoms with Crippen LogP contribution in [-0.2, 0) is 4.79 Å². The summed E-state index contributed by atoms with van der Waals surface area (Å²) in [5.41, 5.74) is 11.1. The van der Waals surface area contributed by atoms with Gasteiger partial charge in [-0.15, -0.1) is 0 Å². The van der Waals surface area contributed by atoms with Crippen molar-refractivity contribution in [1.82, 2.24) is 10.2 Å². The van der Waals surface area contributed by atoms with Crippen molar-refractivity contribution in [2.45, 2.75) is 13.0 Å². The average Bonchev–Trinajstić information content (AvgIpc) is 2.36. The van der Waals surface area contributed by atoms with Crippen molar-refractivity contribution in [3.8, 4) is 0 Å². The summed E-state index contributed by atoms with van der Waals surface area (Å²) in [6.07, 6.45) is 1.49. The Hall–Kier alpha value is -1.72. The number of H-pyrrole nitrogens is 1. The maximum absolute atomic E-state index is 10.6. The van der Waals surface area contributed by atoms with Crippen molar-refractivity contribution in [2.75, 3.05) is 11.1 Å². The molecule has 0 aliphatic carbocycles. The molecule has 0 aromatic carbocycles. The zero-order chi connectivity index (χ0) is 9.14. The average molecular weight is 169 g/mol. The smallest absolute Gasteiger partial charge is 0.239 e. The molecule has 0 aliphatic rings. The van der Waals surface area contributed by atoms with Gasteiger partial charge in [-0.1, -0.05) is 0 Å².